The third kappa shape index (κ3) is 2.57. The normalized spacial score (nSPS) is 22.6. The van der Waals surface area contributed by atoms with Gasteiger partial charge in [-0.2, -0.15) is 0 Å². The molecule has 6 heteroatoms. The van der Waals surface area contributed by atoms with E-state index in [9.17, 15) is 14.4 Å². The molecule has 0 radical (unpaired) electrons. The van der Waals surface area contributed by atoms with Crippen LogP contribution in [0.15, 0.2) is 0 Å². The van der Waals surface area contributed by atoms with Crippen LogP contribution in [0.1, 0.15) is 39.0 Å². The molecule has 0 bridgehead atoms. The van der Waals surface area contributed by atoms with Crippen LogP contribution in [0.5, 0.6) is 0 Å². The summed E-state index contributed by atoms with van der Waals surface area (Å²) in [4.78, 5) is 39.9. The molecule has 1 saturated heterocycles. The van der Waals surface area contributed by atoms with E-state index < -0.39 is 17.4 Å². The second-order valence-electron chi connectivity index (χ2n) is 5.75. The molecule has 4 amide bonds. The fourth-order valence-corrected chi connectivity index (χ4v) is 2.96. The van der Waals surface area contributed by atoms with Crippen molar-refractivity contribution in [3.63, 3.8) is 0 Å². The monoisotopic (exact) mass is 281 g/mol. The van der Waals surface area contributed by atoms with E-state index in [1.807, 2.05) is 18.9 Å². The summed E-state index contributed by atoms with van der Waals surface area (Å²) in [5, 5.41) is 2.37. The minimum absolute atomic E-state index is 0.296. The molecule has 0 atom stereocenters. The summed E-state index contributed by atoms with van der Waals surface area (Å²) in [5.74, 6) is -0.692. The van der Waals surface area contributed by atoms with Crippen LogP contribution in [0.3, 0.4) is 0 Å². The molecule has 2 rings (SSSR count). The molecule has 2 aliphatic rings. The van der Waals surface area contributed by atoms with E-state index in [4.69, 9.17) is 0 Å². The lowest BCUT2D eigenvalue weighted by Crippen LogP contribution is -2.65. The summed E-state index contributed by atoms with van der Waals surface area (Å²) in [6, 6.07) is -0.569. The summed E-state index contributed by atoms with van der Waals surface area (Å²) in [6.07, 6.45) is 3.91. The van der Waals surface area contributed by atoms with Gasteiger partial charge in [0.25, 0.3) is 0 Å². The Kier molecular flexibility index (Phi) is 4.42. The summed E-state index contributed by atoms with van der Waals surface area (Å²) >= 11 is 0. The number of imide groups is 2. The van der Waals surface area contributed by atoms with Crippen LogP contribution in [0.2, 0.25) is 0 Å². The van der Waals surface area contributed by atoms with E-state index in [1.165, 1.54) is 4.90 Å². The highest BCUT2D eigenvalue weighted by Crippen LogP contribution is 2.40. The maximum absolute atomic E-state index is 12.6. The van der Waals surface area contributed by atoms with E-state index in [0.29, 0.717) is 25.9 Å². The largest absolute Gasteiger partial charge is 0.330 e. The molecule has 2 fully saturated rings. The molecule has 1 saturated carbocycles. The molecule has 0 aromatic heterocycles. The van der Waals surface area contributed by atoms with Gasteiger partial charge in [-0.3, -0.25) is 19.8 Å². The summed E-state index contributed by atoms with van der Waals surface area (Å²) in [5.41, 5.74) is -0.989. The number of nitrogens with zero attached hydrogens (tertiary/aromatic N) is 2. The van der Waals surface area contributed by atoms with E-state index in [1.54, 1.807) is 0 Å². The fourth-order valence-electron chi connectivity index (χ4n) is 2.96. The minimum Gasteiger partial charge on any atom is -0.305 e. The molecule has 1 heterocycles. The van der Waals surface area contributed by atoms with Gasteiger partial charge in [0, 0.05) is 13.1 Å². The molecule has 6 nitrogen and oxygen atoms in total. The SMILES string of the molecule is CCN(C)CCN1C(=O)NC(=O)C2(CCCCC2)C1=O. The number of carbonyl (C=O) groups is 3. The third-order valence-electron chi connectivity index (χ3n) is 4.51. The van der Waals surface area contributed by atoms with Crippen molar-refractivity contribution >= 4 is 17.8 Å². The van der Waals surface area contributed by atoms with Crippen LogP contribution in [-0.4, -0.2) is 54.3 Å². The predicted molar refractivity (Wildman–Crippen MR) is 73.9 cm³/mol. The molecule has 112 valence electrons. The molecule has 1 aliphatic carbocycles. The quantitative estimate of drug-likeness (QED) is 0.779. The zero-order valence-corrected chi connectivity index (χ0v) is 12.3. The van der Waals surface area contributed by atoms with Gasteiger partial charge in [0.05, 0.1) is 0 Å². The van der Waals surface area contributed by atoms with Gasteiger partial charge in [0.2, 0.25) is 11.8 Å². The lowest BCUT2D eigenvalue weighted by molar-refractivity contribution is -0.154. The number of rotatable bonds is 4. The smallest absolute Gasteiger partial charge is 0.305 e. The second kappa shape index (κ2) is 5.91. The first-order valence-corrected chi connectivity index (χ1v) is 7.37. The van der Waals surface area contributed by atoms with E-state index in [-0.39, 0.29) is 5.91 Å². The lowest BCUT2D eigenvalue weighted by atomic mass is 9.71. The first-order chi connectivity index (χ1) is 9.51. The Morgan fingerprint density at radius 3 is 2.45 bits per heavy atom. The Bertz CT molecular complexity index is 416. The van der Waals surface area contributed by atoms with Gasteiger partial charge >= 0.3 is 6.03 Å². The zero-order chi connectivity index (χ0) is 14.8. The molecule has 0 aromatic carbocycles. The van der Waals surface area contributed by atoms with E-state index >= 15 is 0 Å². The number of urea groups is 1. The minimum atomic E-state index is -0.989. The molecule has 0 unspecified atom stereocenters. The number of hydrogen-bond acceptors (Lipinski definition) is 4. The van der Waals surface area contributed by atoms with Crippen LogP contribution >= 0.6 is 0 Å². The van der Waals surface area contributed by atoms with Crippen molar-refractivity contribution in [3.05, 3.63) is 0 Å². The molecule has 20 heavy (non-hydrogen) atoms. The Morgan fingerprint density at radius 2 is 1.85 bits per heavy atom. The van der Waals surface area contributed by atoms with Crippen LogP contribution in [0.4, 0.5) is 4.79 Å². The fraction of sp³-hybridized carbons (Fsp3) is 0.786. The second-order valence-corrected chi connectivity index (χ2v) is 5.75. The topological polar surface area (TPSA) is 69.7 Å². The molecule has 1 N–H and O–H groups in total. The van der Waals surface area contributed by atoms with Gasteiger partial charge in [0.15, 0.2) is 0 Å². The molecule has 1 spiro atoms. The Labute approximate surface area is 119 Å². The van der Waals surface area contributed by atoms with Gasteiger partial charge in [0.1, 0.15) is 5.41 Å². The zero-order valence-electron chi connectivity index (χ0n) is 12.3. The van der Waals surface area contributed by atoms with Gasteiger partial charge in [-0.1, -0.05) is 26.2 Å². The molecule has 0 aromatic rings. The highest BCUT2D eigenvalue weighted by molar-refractivity contribution is 6.19. The first-order valence-electron chi connectivity index (χ1n) is 7.37. The van der Waals surface area contributed by atoms with Gasteiger partial charge in [-0.05, 0) is 26.4 Å². The van der Waals surface area contributed by atoms with Crippen LogP contribution in [0.25, 0.3) is 0 Å². The van der Waals surface area contributed by atoms with Crippen molar-refractivity contribution in [1.29, 1.82) is 0 Å². The Morgan fingerprint density at radius 1 is 1.20 bits per heavy atom. The molecular formula is C14H23N3O3. The lowest BCUT2D eigenvalue weighted by Gasteiger charge is -2.41. The number of nitrogens with one attached hydrogen (secondary N) is 1. The summed E-state index contributed by atoms with van der Waals surface area (Å²) < 4.78 is 0. The standard InChI is InChI=1S/C14H23N3O3/c1-3-16(2)9-10-17-12(19)14(7-5-4-6-8-14)11(18)15-13(17)20/h3-10H2,1-2H3,(H,15,18,20). The highest BCUT2D eigenvalue weighted by Gasteiger charge is 2.53. The van der Waals surface area contributed by atoms with E-state index in [2.05, 4.69) is 5.32 Å². The highest BCUT2D eigenvalue weighted by atomic mass is 16.2. The summed E-state index contributed by atoms with van der Waals surface area (Å²) in [7, 11) is 1.94. The van der Waals surface area contributed by atoms with Crippen molar-refractivity contribution in [2.24, 2.45) is 5.41 Å². The predicted octanol–water partition coefficient (Wildman–Crippen LogP) is 0.967. The maximum Gasteiger partial charge on any atom is 0.330 e. The number of barbiturate groups is 1. The average molecular weight is 281 g/mol. The molecule has 1 aliphatic heterocycles. The number of amides is 4. The van der Waals surface area contributed by atoms with Gasteiger partial charge in [-0.25, -0.2) is 4.79 Å². The number of hydrogen-bond donors (Lipinski definition) is 1. The van der Waals surface area contributed by atoms with E-state index in [0.717, 1.165) is 25.8 Å². The van der Waals surface area contributed by atoms with Crippen LogP contribution in [-0.2, 0) is 9.59 Å². The maximum atomic E-state index is 12.6. The average Bonchev–Trinajstić information content (AvgIpc) is 2.46. The third-order valence-corrected chi connectivity index (χ3v) is 4.51. The Hall–Kier alpha value is -1.43. The van der Waals surface area contributed by atoms with Crippen LogP contribution < -0.4 is 5.32 Å². The summed E-state index contributed by atoms with van der Waals surface area (Å²) in [6.45, 7) is 3.84. The molecular weight excluding hydrogens is 258 g/mol. The van der Waals surface area contributed by atoms with Crippen molar-refractivity contribution in [2.45, 2.75) is 39.0 Å². The van der Waals surface area contributed by atoms with Crippen molar-refractivity contribution in [1.82, 2.24) is 15.1 Å². The van der Waals surface area contributed by atoms with Gasteiger partial charge in [-0.15, -0.1) is 0 Å². The van der Waals surface area contributed by atoms with Gasteiger partial charge < -0.3 is 4.90 Å². The van der Waals surface area contributed by atoms with Crippen LogP contribution in [0, 0.1) is 5.41 Å². The Balaban J connectivity index is 2.14. The van der Waals surface area contributed by atoms with Crippen molar-refractivity contribution < 1.29 is 14.4 Å². The first kappa shape index (κ1) is 15.0. The van der Waals surface area contributed by atoms with Crippen molar-refractivity contribution in [2.75, 3.05) is 26.7 Å². The number of carbonyl (C=O) groups excluding carboxylic acids is 3. The number of likely N-dealkylation sites (N-methyl/N-ethyl adjacent to an activating group) is 1. The van der Waals surface area contributed by atoms with Crippen molar-refractivity contribution in [3.8, 4) is 0 Å².